The fraction of sp³-hybridized carbons (Fsp3) is 0.500. The lowest BCUT2D eigenvalue weighted by atomic mass is 10.0. The van der Waals surface area contributed by atoms with E-state index in [0.29, 0.717) is 18.5 Å². The second kappa shape index (κ2) is 14.5. The molecule has 4 unspecified atom stereocenters. The number of amides is 3. The molecule has 38 heavy (non-hydrogen) atoms. The third-order valence-corrected chi connectivity index (χ3v) is 5.93. The van der Waals surface area contributed by atoms with Crippen molar-refractivity contribution < 1.29 is 49.2 Å². The van der Waals surface area contributed by atoms with Crippen LogP contribution in [0.3, 0.4) is 0 Å². The van der Waals surface area contributed by atoms with Gasteiger partial charge in [0.25, 0.3) is 0 Å². The van der Waals surface area contributed by atoms with Gasteiger partial charge in [-0.2, -0.15) is 0 Å². The number of hydrogen-bond donors (Lipinski definition) is 8. The minimum absolute atomic E-state index is 0.0330. The number of rotatable bonds is 15. The summed E-state index contributed by atoms with van der Waals surface area (Å²) in [7, 11) is 0. The van der Waals surface area contributed by atoms with Crippen molar-refractivity contribution in [2.75, 3.05) is 6.54 Å². The molecule has 14 heteroatoms. The molecule has 0 aromatic heterocycles. The van der Waals surface area contributed by atoms with Gasteiger partial charge in [-0.15, -0.1) is 0 Å². The van der Waals surface area contributed by atoms with Crippen LogP contribution in [0, 0.1) is 0 Å². The Balaban J connectivity index is 2.15. The van der Waals surface area contributed by atoms with Crippen LogP contribution in [0.4, 0.5) is 0 Å². The number of benzene rings is 1. The molecule has 0 radical (unpaired) electrons. The highest BCUT2D eigenvalue weighted by Gasteiger charge is 2.32. The molecule has 0 spiro atoms. The number of carboxylic acid groups (broad SMARTS) is 3. The molecule has 208 valence electrons. The molecule has 3 amide bonds. The first kappa shape index (κ1) is 30.0. The van der Waals surface area contributed by atoms with Crippen molar-refractivity contribution in [2.24, 2.45) is 0 Å². The number of phenolic OH excluding ortho intramolecular Hbond substituents is 1. The van der Waals surface area contributed by atoms with Crippen LogP contribution in [-0.4, -0.2) is 86.8 Å². The SMILES string of the molecule is O=C(O)CCC(NC(=O)C(CCC(=O)O)NC(=O)C1CCCN1)C(=O)NC(Cc1ccc(O)cc1)C(=O)O. The normalized spacial score (nSPS) is 17.0. The van der Waals surface area contributed by atoms with Crippen molar-refractivity contribution in [3.63, 3.8) is 0 Å². The van der Waals surface area contributed by atoms with Crippen molar-refractivity contribution in [1.29, 1.82) is 0 Å². The largest absolute Gasteiger partial charge is 0.508 e. The first-order chi connectivity index (χ1) is 18.0. The molecule has 8 N–H and O–H groups in total. The molecule has 14 nitrogen and oxygen atoms in total. The summed E-state index contributed by atoms with van der Waals surface area (Å²) >= 11 is 0. The molecule has 1 aromatic rings. The van der Waals surface area contributed by atoms with Crippen LogP contribution in [0.5, 0.6) is 5.75 Å². The molecule has 0 saturated carbocycles. The van der Waals surface area contributed by atoms with E-state index in [1.807, 2.05) is 0 Å². The second-order valence-electron chi connectivity index (χ2n) is 8.91. The van der Waals surface area contributed by atoms with E-state index in [0.717, 1.165) is 6.42 Å². The zero-order chi connectivity index (χ0) is 28.2. The smallest absolute Gasteiger partial charge is 0.326 e. The Labute approximate surface area is 217 Å². The second-order valence-corrected chi connectivity index (χ2v) is 8.91. The molecular weight excluding hydrogens is 504 g/mol. The maximum Gasteiger partial charge on any atom is 0.326 e. The summed E-state index contributed by atoms with van der Waals surface area (Å²) in [6.07, 6.45) is -0.556. The van der Waals surface area contributed by atoms with E-state index >= 15 is 0 Å². The highest BCUT2D eigenvalue weighted by molar-refractivity contribution is 5.94. The van der Waals surface area contributed by atoms with Gasteiger partial charge in [-0.3, -0.25) is 24.0 Å². The van der Waals surface area contributed by atoms with Crippen LogP contribution in [-0.2, 0) is 35.2 Å². The van der Waals surface area contributed by atoms with Crippen LogP contribution in [0.25, 0.3) is 0 Å². The zero-order valence-corrected chi connectivity index (χ0v) is 20.5. The van der Waals surface area contributed by atoms with Gasteiger partial charge in [-0.25, -0.2) is 4.79 Å². The van der Waals surface area contributed by atoms with Gasteiger partial charge in [-0.1, -0.05) is 12.1 Å². The number of nitrogens with one attached hydrogen (secondary N) is 4. The van der Waals surface area contributed by atoms with E-state index in [1.165, 1.54) is 24.3 Å². The lowest BCUT2D eigenvalue weighted by Gasteiger charge is -2.25. The van der Waals surface area contributed by atoms with Gasteiger partial charge < -0.3 is 41.7 Å². The summed E-state index contributed by atoms with van der Waals surface area (Å²) < 4.78 is 0. The summed E-state index contributed by atoms with van der Waals surface area (Å²) in [6, 6.07) is 0.829. The molecule has 4 atom stereocenters. The summed E-state index contributed by atoms with van der Waals surface area (Å²) in [5.74, 6) is -6.28. The summed E-state index contributed by atoms with van der Waals surface area (Å²) in [5, 5.41) is 47.1. The number of aromatic hydroxyl groups is 1. The maximum atomic E-state index is 13.0. The third kappa shape index (κ3) is 10.0. The standard InChI is InChI=1S/C24H32N4O10/c29-14-5-3-13(4-6-14)12-18(24(37)38)28-23(36)17(8-10-20(32)33)27-22(35)16(7-9-19(30)31)26-21(34)15-2-1-11-25-15/h3-6,15-18,25,29H,1-2,7-12H2,(H,26,34)(H,27,35)(H,28,36)(H,30,31)(H,32,33)(H,37,38). The van der Waals surface area contributed by atoms with Gasteiger partial charge in [0, 0.05) is 19.3 Å². The Hall–Kier alpha value is -4.20. The molecule has 1 heterocycles. The van der Waals surface area contributed by atoms with Gasteiger partial charge in [0.15, 0.2) is 0 Å². The number of hydrogen-bond acceptors (Lipinski definition) is 8. The number of phenols is 1. The number of carbonyl (C=O) groups is 6. The van der Waals surface area contributed by atoms with Crippen molar-refractivity contribution in [2.45, 2.75) is 69.1 Å². The lowest BCUT2D eigenvalue weighted by molar-refractivity contribution is -0.143. The Bertz CT molecular complexity index is 1020. The van der Waals surface area contributed by atoms with Gasteiger partial charge in [0.1, 0.15) is 23.9 Å². The molecule has 1 saturated heterocycles. The maximum absolute atomic E-state index is 13.0. The van der Waals surface area contributed by atoms with Crippen molar-refractivity contribution in [3.05, 3.63) is 29.8 Å². The Kier molecular flexibility index (Phi) is 11.5. The summed E-state index contributed by atoms with van der Waals surface area (Å²) in [5.41, 5.74) is 0.485. The summed E-state index contributed by atoms with van der Waals surface area (Å²) in [4.78, 5) is 72.4. The van der Waals surface area contributed by atoms with E-state index in [9.17, 15) is 39.0 Å². The molecule has 1 aliphatic heterocycles. The van der Waals surface area contributed by atoms with E-state index in [-0.39, 0.29) is 25.0 Å². The molecule has 1 aliphatic rings. The quantitative estimate of drug-likeness (QED) is 0.135. The van der Waals surface area contributed by atoms with Crippen molar-refractivity contribution >= 4 is 35.6 Å². The highest BCUT2D eigenvalue weighted by atomic mass is 16.4. The van der Waals surface area contributed by atoms with Gasteiger partial charge in [0.2, 0.25) is 17.7 Å². The lowest BCUT2D eigenvalue weighted by Crippen LogP contribution is -2.57. The van der Waals surface area contributed by atoms with Crippen molar-refractivity contribution in [3.8, 4) is 5.75 Å². The number of aliphatic carboxylic acids is 3. The molecule has 0 bridgehead atoms. The Morgan fingerprint density at radius 2 is 1.34 bits per heavy atom. The number of carboxylic acids is 3. The van der Waals surface area contributed by atoms with Crippen LogP contribution in [0.2, 0.25) is 0 Å². The van der Waals surface area contributed by atoms with Gasteiger partial charge in [-0.05, 0) is 49.9 Å². The molecular formula is C24H32N4O10. The van der Waals surface area contributed by atoms with Gasteiger partial charge in [0.05, 0.1) is 6.04 Å². The van der Waals surface area contributed by atoms with Crippen molar-refractivity contribution in [1.82, 2.24) is 21.3 Å². The molecule has 1 fully saturated rings. The minimum atomic E-state index is -1.48. The Morgan fingerprint density at radius 1 is 0.816 bits per heavy atom. The van der Waals surface area contributed by atoms with Crippen LogP contribution in [0.15, 0.2) is 24.3 Å². The summed E-state index contributed by atoms with van der Waals surface area (Å²) in [6.45, 7) is 0.608. The van der Waals surface area contributed by atoms with Gasteiger partial charge >= 0.3 is 17.9 Å². The zero-order valence-electron chi connectivity index (χ0n) is 20.5. The van der Waals surface area contributed by atoms with E-state index in [4.69, 9.17) is 10.2 Å². The molecule has 0 aliphatic carbocycles. The predicted molar refractivity (Wildman–Crippen MR) is 130 cm³/mol. The van der Waals surface area contributed by atoms with E-state index < -0.39 is 72.6 Å². The third-order valence-electron chi connectivity index (χ3n) is 5.93. The minimum Gasteiger partial charge on any atom is -0.508 e. The fourth-order valence-corrected chi connectivity index (χ4v) is 3.87. The molecule has 1 aromatic carbocycles. The fourth-order valence-electron chi connectivity index (χ4n) is 3.87. The number of carbonyl (C=O) groups excluding carboxylic acids is 3. The first-order valence-corrected chi connectivity index (χ1v) is 12.0. The van der Waals surface area contributed by atoms with Crippen LogP contribution in [0.1, 0.15) is 44.1 Å². The molecule has 2 rings (SSSR count). The highest BCUT2D eigenvalue weighted by Crippen LogP contribution is 2.12. The average molecular weight is 537 g/mol. The monoisotopic (exact) mass is 536 g/mol. The van der Waals surface area contributed by atoms with E-state index in [2.05, 4.69) is 21.3 Å². The van der Waals surface area contributed by atoms with E-state index in [1.54, 1.807) is 0 Å². The topological polar surface area (TPSA) is 231 Å². The Morgan fingerprint density at radius 3 is 1.82 bits per heavy atom. The van der Waals surface area contributed by atoms with Crippen LogP contribution < -0.4 is 21.3 Å². The average Bonchev–Trinajstić information content (AvgIpc) is 3.39. The first-order valence-electron chi connectivity index (χ1n) is 12.0. The van der Waals surface area contributed by atoms with Crippen LogP contribution >= 0.6 is 0 Å². The predicted octanol–water partition coefficient (Wildman–Crippen LogP) is -1.04.